The number of carbonyl (C=O) groups excluding carboxylic acids is 3. The quantitative estimate of drug-likeness (QED) is 0.245. The van der Waals surface area contributed by atoms with Crippen molar-refractivity contribution >= 4 is 17.9 Å². The van der Waals surface area contributed by atoms with E-state index in [4.69, 9.17) is 10.6 Å². The Labute approximate surface area is 152 Å². The summed E-state index contributed by atoms with van der Waals surface area (Å²) in [5, 5.41) is 14.5. The number of nitrogens with two attached hydrogens (primary N) is 1. The van der Waals surface area contributed by atoms with Crippen LogP contribution in [0.15, 0.2) is 30.3 Å². The third-order valence-corrected chi connectivity index (χ3v) is 3.64. The van der Waals surface area contributed by atoms with Crippen LogP contribution in [-0.2, 0) is 20.9 Å². The number of amides is 3. The molecule has 26 heavy (non-hydrogen) atoms. The first-order chi connectivity index (χ1) is 12.3. The monoisotopic (exact) mass is 366 g/mol. The smallest absolute Gasteiger partial charge is 0.408 e. The molecule has 3 atom stereocenters. The molecule has 1 aromatic carbocycles. The highest BCUT2D eigenvalue weighted by atomic mass is 16.5. The summed E-state index contributed by atoms with van der Waals surface area (Å²) in [4.78, 5) is 36.0. The molecule has 0 radical (unpaired) electrons. The molecule has 6 N–H and O–H groups in total. The summed E-state index contributed by atoms with van der Waals surface area (Å²) in [6.45, 7) is 4.85. The van der Waals surface area contributed by atoms with Gasteiger partial charge in [0, 0.05) is 0 Å². The number of hydrazine groups is 1. The fourth-order valence-corrected chi connectivity index (χ4v) is 2.16. The number of nitrogens with one attached hydrogen (secondary N) is 3. The van der Waals surface area contributed by atoms with Crippen LogP contribution < -0.4 is 21.9 Å². The molecule has 0 aromatic heterocycles. The fraction of sp³-hybridized carbons (Fsp3) is 0.471. The van der Waals surface area contributed by atoms with E-state index in [0.717, 1.165) is 5.56 Å². The Balaban J connectivity index is 2.67. The van der Waals surface area contributed by atoms with E-state index >= 15 is 0 Å². The number of ether oxygens (including phenoxy) is 1. The molecule has 0 spiro atoms. The standard InChI is InChI=1S/C17H26N4O5/c1-10(2)13(15(23)19-14(11(3)22)16(24)21-18)20-17(25)26-9-12-7-5-4-6-8-12/h4-8,10-11,13-14,22H,9,18H2,1-3H3,(H,19,23)(H,20,25)(H,21,24). The van der Waals surface area contributed by atoms with E-state index < -0.39 is 36.1 Å². The summed E-state index contributed by atoms with van der Waals surface area (Å²) in [5.74, 6) is 3.38. The first kappa shape index (κ1) is 21.4. The van der Waals surface area contributed by atoms with Gasteiger partial charge in [0.15, 0.2) is 0 Å². The molecule has 0 aliphatic heterocycles. The minimum absolute atomic E-state index is 0.0605. The third kappa shape index (κ3) is 6.69. The summed E-state index contributed by atoms with van der Waals surface area (Å²) in [6.07, 6.45) is -1.93. The molecule has 3 amide bonds. The molecule has 3 unspecified atom stereocenters. The Bertz CT molecular complexity index is 606. The molecular formula is C17H26N4O5. The van der Waals surface area contributed by atoms with Crippen LogP contribution in [-0.4, -0.2) is 41.2 Å². The predicted octanol–water partition coefficient (Wildman–Crippen LogP) is -0.207. The van der Waals surface area contributed by atoms with Crippen molar-refractivity contribution in [2.75, 3.05) is 0 Å². The Morgan fingerprint density at radius 2 is 1.65 bits per heavy atom. The number of aliphatic hydroxyl groups is 1. The average Bonchev–Trinajstić information content (AvgIpc) is 2.61. The van der Waals surface area contributed by atoms with Gasteiger partial charge in [-0.05, 0) is 18.4 Å². The third-order valence-electron chi connectivity index (χ3n) is 3.64. The summed E-state index contributed by atoms with van der Waals surface area (Å²) in [5.41, 5.74) is 2.68. The maximum Gasteiger partial charge on any atom is 0.408 e. The van der Waals surface area contributed by atoms with Gasteiger partial charge in [-0.1, -0.05) is 44.2 Å². The zero-order valence-electron chi connectivity index (χ0n) is 15.1. The van der Waals surface area contributed by atoms with E-state index in [1.54, 1.807) is 26.0 Å². The van der Waals surface area contributed by atoms with Gasteiger partial charge in [-0.3, -0.25) is 15.0 Å². The van der Waals surface area contributed by atoms with Gasteiger partial charge in [0.2, 0.25) is 5.91 Å². The molecule has 0 aliphatic carbocycles. The molecule has 144 valence electrons. The predicted molar refractivity (Wildman–Crippen MR) is 94.3 cm³/mol. The number of alkyl carbamates (subject to hydrolysis) is 1. The van der Waals surface area contributed by atoms with Gasteiger partial charge in [-0.25, -0.2) is 10.6 Å². The Kier molecular flexibility index (Phi) is 8.53. The van der Waals surface area contributed by atoms with Gasteiger partial charge in [0.05, 0.1) is 6.10 Å². The van der Waals surface area contributed by atoms with Crippen molar-refractivity contribution in [1.29, 1.82) is 0 Å². The van der Waals surface area contributed by atoms with Crippen molar-refractivity contribution in [1.82, 2.24) is 16.1 Å². The van der Waals surface area contributed by atoms with Gasteiger partial charge in [0.25, 0.3) is 5.91 Å². The lowest BCUT2D eigenvalue weighted by Gasteiger charge is -2.25. The molecule has 0 saturated carbocycles. The average molecular weight is 366 g/mol. The molecule has 1 aromatic rings. The van der Waals surface area contributed by atoms with Crippen molar-refractivity contribution in [2.45, 2.75) is 45.6 Å². The van der Waals surface area contributed by atoms with Crippen LogP contribution in [0.5, 0.6) is 0 Å². The molecule has 0 bridgehead atoms. The van der Waals surface area contributed by atoms with E-state index in [1.165, 1.54) is 6.92 Å². The SMILES string of the molecule is CC(C)C(NC(=O)OCc1ccccc1)C(=O)NC(C(=O)NN)C(C)O. The molecule has 1 rings (SSSR count). The highest BCUT2D eigenvalue weighted by molar-refractivity contribution is 5.91. The fourth-order valence-electron chi connectivity index (χ4n) is 2.16. The van der Waals surface area contributed by atoms with Gasteiger partial charge >= 0.3 is 6.09 Å². The van der Waals surface area contributed by atoms with Crippen LogP contribution in [0, 0.1) is 5.92 Å². The van der Waals surface area contributed by atoms with Crippen LogP contribution in [0.2, 0.25) is 0 Å². The van der Waals surface area contributed by atoms with Crippen LogP contribution in [0.3, 0.4) is 0 Å². The van der Waals surface area contributed by atoms with Crippen molar-refractivity contribution in [2.24, 2.45) is 11.8 Å². The summed E-state index contributed by atoms with van der Waals surface area (Å²) < 4.78 is 5.10. The highest BCUT2D eigenvalue weighted by Gasteiger charge is 2.31. The number of hydrogen-bond acceptors (Lipinski definition) is 6. The number of rotatable bonds is 8. The molecule has 0 fully saturated rings. The lowest BCUT2D eigenvalue weighted by Crippen LogP contribution is -2.59. The summed E-state index contributed by atoms with van der Waals surface area (Å²) in [6, 6.07) is 6.90. The van der Waals surface area contributed by atoms with Gasteiger partial charge < -0.3 is 20.5 Å². The molecule has 0 aliphatic rings. The lowest BCUT2D eigenvalue weighted by atomic mass is 10.0. The second-order valence-corrected chi connectivity index (χ2v) is 6.16. The minimum atomic E-state index is -1.24. The van der Waals surface area contributed by atoms with Crippen molar-refractivity contribution in [3.8, 4) is 0 Å². The number of hydrogen-bond donors (Lipinski definition) is 5. The summed E-state index contributed by atoms with van der Waals surface area (Å²) in [7, 11) is 0. The van der Waals surface area contributed by atoms with E-state index in [2.05, 4.69) is 10.6 Å². The first-order valence-corrected chi connectivity index (χ1v) is 8.22. The molecule has 0 saturated heterocycles. The van der Waals surface area contributed by atoms with Gasteiger partial charge in [0.1, 0.15) is 18.7 Å². The molecule has 0 heterocycles. The van der Waals surface area contributed by atoms with Crippen LogP contribution in [0.4, 0.5) is 4.79 Å². The lowest BCUT2D eigenvalue weighted by molar-refractivity contribution is -0.133. The van der Waals surface area contributed by atoms with E-state index in [0.29, 0.717) is 0 Å². The largest absolute Gasteiger partial charge is 0.445 e. The first-order valence-electron chi connectivity index (χ1n) is 8.22. The van der Waals surface area contributed by atoms with Crippen molar-refractivity contribution in [3.63, 3.8) is 0 Å². The van der Waals surface area contributed by atoms with E-state index in [-0.39, 0.29) is 12.5 Å². The number of benzene rings is 1. The van der Waals surface area contributed by atoms with Crippen LogP contribution >= 0.6 is 0 Å². The molecule has 9 nitrogen and oxygen atoms in total. The Morgan fingerprint density at radius 3 is 2.15 bits per heavy atom. The normalized spacial score (nSPS) is 14.1. The maximum absolute atomic E-state index is 12.4. The van der Waals surface area contributed by atoms with Crippen molar-refractivity contribution < 1.29 is 24.2 Å². The summed E-state index contributed by atoms with van der Waals surface area (Å²) >= 11 is 0. The topological polar surface area (TPSA) is 143 Å². The Hall–Kier alpha value is -2.65. The van der Waals surface area contributed by atoms with Crippen LogP contribution in [0.25, 0.3) is 0 Å². The molecular weight excluding hydrogens is 340 g/mol. The second kappa shape index (κ2) is 10.4. The number of aliphatic hydroxyl groups excluding tert-OH is 1. The highest BCUT2D eigenvalue weighted by Crippen LogP contribution is 2.06. The Morgan fingerprint density at radius 1 is 1.04 bits per heavy atom. The number of carbonyl (C=O) groups is 3. The molecule has 9 heteroatoms. The van der Waals surface area contributed by atoms with Crippen LogP contribution in [0.1, 0.15) is 26.3 Å². The van der Waals surface area contributed by atoms with Gasteiger partial charge in [-0.15, -0.1) is 0 Å². The van der Waals surface area contributed by atoms with E-state index in [9.17, 15) is 19.5 Å². The zero-order chi connectivity index (χ0) is 19.7. The van der Waals surface area contributed by atoms with Gasteiger partial charge in [-0.2, -0.15) is 0 Å². The minimum Gasteiger partial charge on any atom is -0.445 e. The van der Waals surface area contributed by atoms with E-state index in [1.807, 2.05) is 23.6 Å². The maximum atomic E-state index is 12.4. The second-order valence-electron chi connectivity index (χ2n) is 6.16. The van der Waals surface area contributed by atoms with Crippen molar-refractivity contribution in [3.05, 3.63) is 35.9 Å². The zero-order valence-corrected chi connectivity index (χ0v) is 15.1.